The monoisotopic (exact) mass is 404 g/mol. The van der Waals surface area contributed by atoms with Crippen LogP contribution in [0.25, 0.3) is 0 Å². The van der Waals surface area contributed by atoms with Gasteiger partial charge >= 0.3 is 5.97 Å². The molecule has 8 nitrogen and oxygen atoms in total. The third-order valence-corrected chi connectivity index (χ3v) is 5.92. The number of nitrogens with zero attached hydrogens (tertiary/aromatic N) is 4. The van der Waals surface area contributed by atoms with Crippen LogP contribution in [0.4, 0.5) is 5.82 Å². The molecular formula is C19H24N4O4S. The van der Waals surface area contributed by atoms with E-state index in [9.17, 15) is 18.3 Å². The molecule has 0 atom stereocenters. The second-order valence-electron chi connectivity index (χ2n) is 7.04. The molecule has 1 fully saturated rings. The van der Waals surface area contributed by atoms with Gasteiger partial charge in [0.05, 0.1) is 12.8 Å². The van der Waals surface area contributed by atoms with Gasteiger partial charge in [0.2, 0.25) is 10.0 Å². The number of rotatable bonds is 7. The van der Waals surface area contributed by atoms with Gasteiger partial charge in [-0.05, 0) is 25.3 Å². The van der Waals surface area contributed by atoms with Gasteiger partial charge in [-0.15, -0.1) is 0 Å². The number of carboxylic acid groups (broad SMARTS) is 1. The first-order valence-corrected chi connectivity index (χ1v) is 10.9. The van der Waals surface area contributed by atoms with E-state index in [1.165, 1.54) is 10.5 Å². The molecule has 1 aromatic heterocycles. The lowest BCUT2D eigenvalue weighted by atomic mass is 10.1. The number of aromatic carboxylic acids is 1. The molecular weight excluding hydrogens is 380 g/mol. The van der Waals surface area contributed by atoms with Crippen LogP contribution in [-0.2, 0) is 23.1 Å². The first-order chi connectivity index (χ1) is 13.2. The fraction of sp³-hybridized carbons (Fsp3) is 0.421. The van der Waals surface area contributed by atoms with Crippen molar-refractivity contribution in [1.29, 1.82) is 0 Å². The number of anilines is 1. The zero-order valence-electron chi connectivity index (χ0n) is 16.0. The molecule has 150 valence electrons. The fourth-order valence-electron chi connectivity index (χ4n) is 3.15. The van der Waals surface area contributed by atoms with E-state index >= 15 is 0 Å². The highest BCUT2D eigenvalue weighted by Crippen LogP contribution is 2.23. The lowest BCUT2D eigenvalue weighted by Gasteiger charge is -2.22. The number of sulfonamides is 1. The summed E-state index contributed by atoms with van der Waals surface area (Å²) in [6, 6.07) is 7.63. The van der Waals surface area contributed by atoms with Crippen molar-refractivity contribution < 1.29 is 18.3 Å². The number of carbonyl (C=O) groups is 1. The minimum Gasteiger partial charge on any atom is -0.477 e. The molecule has 1 N–H and O–H groups in total. The Kier molecular flexibility index (Phi) is 5.95. The molecule has 0 amide bonds. The van der Waals surface area contributed by atoms with E-state index in [0.29, 0.717) is 5.82 Å². The number of benzene rings is 1. The van der Waals surface area contributed by atoms with E-state index in [-0.39, 0.29) is 24.5 Å². The van der Waals surface area contributed by atoms with Crippen molar-refractivity contribution >= 4 is 21.8 Å². The molecule has 0 radical (unpaired) electrons. The highest BCUT2D eigenvalue weighted by Gasteiger charge is 2.24. The summed E-state index contributed by atoms with van der Waals surface area (Å²) in [4.78, 5) is 22.0. The van der Waals surface area contributed by atoms with Gasteiger partial charge in [0, 0.05) is 25.8 Å². The van der Waals surface area contributed by atoms with Crippen molar-refractivity contribution in [3.05, 3.63) is 53.0 Å². The lowest BCUT2D eigenvalue weighted by molar-refractivity contribution is 0.0696. The first kappa shape index (κ1) is 20.2. The molecule has 2 aromatic rings. The summed E-state index contributed by atoms with van der Waals surface area (Å²) >= 11 is 0. The maximum absolute atomic E-state index is 12.3. The van der Waals surface area contributed by atoms with Crippen LogP contribution in [0.3, 0.4) is 0 Å². The number of hydrogen-bond acceptors (Lipinski definition) is 6. The third-order valence-electron chi connectivity index (χ3n) is 4.72. The van der Waals surface area contributed by atoms with Crippen molar-refractivity contribution in [2.75, 3.05) is 24.2 Å². The summed E-state index contributed by atoms with van der Waals surface area (Å²) in [5, 5.41) is 9.43. The Morgan fingerprint density at radius 1 is 1.18 bits per heavy atom. The fourth-order valence-corrected chi connectivity index (χ4v) is 3.88. The Hall–Kier alpha value is -2.52. The summed E-state index contributed by atoms with van der Waals surface area (Å²) in [7, 11) is -3.51. The van der Waals surface area contributed by atoms with E-state index < -0.39 is 16.0 Å². The summed E-state index contributed by atoms with van der Waals surface area (Å²) in [5.74, 6) is -0.448. The van der Waals surface area contributed by atoms with Gasteiger partial charge < -0.3 is 10.0 Å². The Labute approximate surface area is 164 Å². The number of hydrogen-bond donors (Lipinski definition) is 1. The van der Waals surface area contributed by atoms with Gasteiger partial charge in [-0.3, -0.25) is 0 Å². The summed E-state index contributed by atoms with van der Waals surface area (Å²) in [6.07, 6.45) is 4.36. The molecule has 9 heteroatoms. The largest absolute Gasteiger partial charge is 0.477 e. The van der Waals surface area contributed by atoms with Gasteiger partial charge in [-0.2, -0.15) is 4.31 Å². The van der Waals surface area contributed by atoms with Gasteiger partial charge in [-0.1, -0.05) is 29.8 Å². The molecule has 1 saturated heterocycles. The average molecular weight is 404 g/mol. The predicted molar refractivity (Wildman–Crippen MR) is 106 cm³/mol. The molecule has 1 aliphatic rings. The minimum atomic E-state index is -3.51. The minimum absolute atomic E-state index is 0.0204. The Bertz CT molecular complexity index is 954. The summed E-state index contributed by atoms with van der Waals surface area (Å²) < 4.78 is 25.9. The van der Waals surface area contributed by atoms with E-state index in [0.717, 1.165) is 43.3 Å². The topological polar surface area (TPSA) is 104 Å². The van der Waals surface area contributed by atoms with Crippen molar-refractivity contribution in [1.82, 2.24) is 14.3 Å². The van der Waals surface area contributed by atoms with Crippen molar-refractivity contribution in [2.24, 2.45) is 0 Å². The van der Waals surface area contributed by atoms with Crippen LogP contribution in [0.5, 0.6) is 0 Å². The van der Waals surface area contributed by atoms with Crippen LogP contribution in [-0.4, -0.2) is 53.1 Å². The molecule has 28 heavy (non-hydrogen) atoms. The number of carboxylic acids is 1. The molecule has 0 aliphatic carbocycles. The highest BCUT2D eigenvalue weighted by molar-refractivity contribution is 7.88. The van der Waals surface area contributed by atoms with E-state index in [4.69, 9.17) is 0 Å². The second-order valence-corrected chi connectivity index (χ2v) is 9.02. The molecule has 0 unspecified atom stereocenters. The van der Waals surface area contributed by atoms with Gasteiger partial charge in [0.25, 0.3) is 0 Å². The number of aromatic nitrogens is 2. The number of aryl methyl sites for hydroxylation is 1. The molecule has 1 aromatic carbocycles. The van der Waals surface area contributed by atoms with Crippen LogP contribution in [0.15, 0.2) is 30.5 Å². The first-order valence-electron chi connectivity index (χ1n) is 9.09. The van der Waals surface area contributed by atoms with Crippen molar-refractivity contribution in [3.63, 3.8) is 0 Å². The molecule has 3 rings (SSSR count). The SMILES string of the molecule is Cc1ccc(CN(Cc2ncc(C(=O)O)c(N3CCCC3)n2)S(C)(=O)=O)cc1. The average Bonchev–Trinajstić information content (AvgIpc) is 3.16. The zero-order chi connectivity index (χ0) is 20.3. The van der Waals surface area contributed by atoms with E-state index in [1.807, 2.05) is 36.1 Å². The maximum atomic E-state index is 12.3. The van der Waals surface area contributed by atoms with Crippen LogP contribution in [0.2, 0.25) is 0 Å². The second kappa shape index (κ2) is 8.24. The lowest BCUT2D eigenvalue weighted by Crippen LogP contribution is -2.30. The van der Waals surface area contributed by atoms with E-state index in [2.05, 4.69) is 9.97 Å². The summed E-state index contributed by atoms with van der Waals surface area (Å²) in [6.45, 7) is 3.61. The standard InChI is InChI=1S/C19H24N4O4S/c1-14-5-7-15(8-6-14)12-23(28(2,26)27)13-17-20-11-16(19(24)25)18(21-17)22-9-3-4-10-22/h5-8,11H,3-4,9-10,12-13H2,1-2H3,(H,24,25). The Morgan fingerprint density at radius 2 is 1.82 bits per heavy atom. The van der Waals surface area contributed by atoms with Crippen LogP contribution >= 0.6 is 0 Å². The van der Waals surface area contributed by atoms with Gasteiger partial charge in [-0.25, -0.2) is 23.2 Å². The molecule has 1 aliphatic heterocycles. The normalized spacial score (nSPS) is 14.6. The molecule has 0 spiro atoms. The Balaban J connectivity index is 1.88. The van der Waals surface area contributed by atoms with Crippen LogP contribution in [0.1, 0.15) is 40.2 Å². The van der Waals surface area contributed by atoms with Crippen molar-refractivity contribution in [3.8, 4) is 0 Å². The van der Waals surface area contributed by atoms with Gasteiger partial charge in [0.1, 0.15) is 17.2 Å². The smallest absolute Gasteiger partial charge is 0.341 e. The van der Waals surface area contributed by atoms with Crippen LogP contribution in [0, 0.1) is 6.92 Å². The molecule has 0 saturated carbocycles. The predicted octanol–water partition coefficient (Wildman–Crippen LogP) is 2.05. The van der Waals surface area contributed by atoms with Gasteiger partial charge in [0.15, 0.2) is 0 Å². The molecule has 0 bridgehead atoms. The third kappa shape index (κ3) is 4.85. The maximum Gasteiger partial charge on any atom is 0.341 e. The van der Waals surface area contributed by atoms with Crippen LogP contribution < -0.4 is 4.90 Å². The quantitative estimate of drug-likeness (QED) is 0.753. The Morgan fingerprint density at radius 3 is 2.39 bits per heavy atom. The van der Waals surface area contributed by atoms with Crippen molar-refractivity contribution in [2.45, 2.75) is 32.9 Å². The van der Waals surface area contributed by atoms with E-state index in [1.54, 1.807) is 0 Å². The zero-order valence-corrected chi connectivity index (χ0v) is 16.8. The molecule has 2 heterocycles. The highest BCUT2D eigenvalue weighted by atomic mass is 32.2. The summed E-state index contributed by atoms with van der Waals surface area (Å²) in [5.41, 5.74) is 1.99.